The van der Waals surface area contributed by atoms with E-state index < -0.39 is 0 Å². The minimum atomic E-state index is -0.141. The van der Waals surface area contributed by atoms with Gasteiger partial charge in [0.2, 0.25) is 16.9 Å². The molecular formula is C17H20N4O3S2. The summed E-state index contributed by atoms with van der Waals surface area (Å²) in [5.74, 6) is 0.167. The number of nitrogens with one attached hydrogen (secondary N) is 1. The lowest BCUT2D eigenvalue weighted by Crippen LogP contribution is -2.41. The summed E-state index contributed by atoms with van der Waals surface area (Å²) < 4.78 is 5.24. The summed E-state index contributed by atoms with van der Waals surface area (Å²) in [7, 11) is 0. The molecule has 1 N–H and O–H groups in total. The molecule has 1 saturated heterocycles. The number of carbonyl (C=O) groups excluding carboxylic acids is 2. The van der Waals surface area contributed by atoms with Crippen LogP contribution in [0.2, 0.25) is 0 Å². The first-order valence-corrected chi connectivity index (χ1v) is 10.1. The minimum Gasteiger partial charge on any atom is -0.378 e. The molecule has 7 nitrogen and oxygen atoms in total. The van der Waals surface area contributed by atoms with Gasteiger partial charge in [-0.15, -0.1) is 22.0 Å². The second kappa shape index (κ2) is 9.11. The predicted octanol–water partition coefficient (Wildman–Crippen LogP) is 1.98. The van der Waals surface area contributed by atoms with Crippen molar-refractivity contribution < 1.29 is 14.3 Å². The van der Waals surface area contributed by atoms with Crippen LogP contribution in [0.1, 0.15) is 10.6 Å². The van der Waals surface area contributed by atoms with Crippen molar-refractivity contribution in [3.8, 4) is 0 Å². The van der Waals surface area contributed by atoms with Crippen molar-refractivity contribution in [1.29, 1.82) is 0 Å². The molecule has 3 rings (SSSR count). The number of morpholine rings is 1. The van der Waals surface area contributed by atoms with Crippen molar-refractivity contribution in [2.24, 2.45) is 0 Å². The minimum absolute atomic E-state index is 0.0113. The van der Waals surface area contributed by atoms with Crippen LogP contribution in [0.3, 0.4) is 0 Å². The number of hydrogen-bond donors (Lipinski definition) is 1. The molecule has 1 fully saturated rings. The van der Waals surface area contributed by atoms with Crippen molar-refractivity contribution in [2.45, 2.75) is 18.2 Å². The first-order valence-electron chi connectivity index (χ1n) is 8.27. The number of amides is 2. The molecule has 0 atom stereocenters. The summed E-state index contributed by atoms with van der Waals surface area (Å²) >= 11 is 2.70. The number of hydrogen-bond acceptors (Lipinski definition) is 7. The maximum absolute atomic E-state index is 12.2. The molecule has 2 amide bonds. The van der Waals surface area contributed by atoms with Gasteiger partial charge in [0.05, 0.1) is 25.4 Å². The highest BCUT2D eigenvalue weighted by molar-refractivity contribution is 8.00. The Morgan fingerprint density at radius 2 is 1.96 bits per heavy atom. The van der Waals surface area contributed by atoms with Gasteiger partial charge in [0, 0.05) is 18.0 Å². The lowest BCUT2D eigenvalue weighted by Gasteiger charge is -2.26. The predicted molar refractivity (Wildman–Crippen MR) is 102 cm³/mol. The van der Waals surface area contributed by atoms with Crippen LogP contribution in [0.15, 0.2) is 29.2 Å². The average Bonchev–Trinajstić information content (AvgIpc) is 3.08. The van der Waals surface area contributed by atoms with Crippen molar-refractivity contribution in [3.63, 3.8) is 0 Å². The Balaban J connectivity index is 1.45. The molecule has 138 valence electrons. The lowest BCUT2D eigenvalue weighted by molar-refractivity contribution is -0.134. The van der Waals surface area contributed by atoms with Gasteiger partial charge in [-0.05, 0) is 19.1 Å². The van der Waals surface area contributed by atoms with E-state index in [1.54, 1.807) is 4.90 Å². The average molecular weight is 393 g/mol. The van der Waals surface area contributed by atoms with Gasteiger partial charge < -0.3 is 9.64 Å². The van der Waals surface area contributed by atoms with Crippen LogP contribution in [0.4, 0.5) is 5.13 Å². The number of carbonyl (C=O) groups is 2. The Kier molecular flexibility index (Phi) is 6.59. The second-order valence-corrected chi connectivity index (χ2v) is 7.93. The summed E-state index contributed by atoms with van der Waals surface area (Å²) in [5.41, 5.74) is 1.19. The normalized spacial score (nSPS) is 14.3. The molecule has 1 aromatic heterocycles. The van der Waals surface area contributed by atoms with Gasteiger partial charge in [-0.25, -0.2) is 0 Å². The SMILES string of the molecule is Cc1ccc(SCC(=O)Nc2nnc(CC(=O)N3CCOCC3)s2)cc1. The van der Waals surface area contributed by atoms with Gasteiger partial charge in [0.15, 0.2) is 0 Å². The molecule has 1 aliphatic rings. The highest BCUT2D eigenvalue weighted by atomic mass is 32.2. The highest BCUT2D eigenvalue weighted by Crippen LogP contribution is 2.20. The van der Waals surface area contributed by atoms with Crippen molar-refractivity contribution in [3.05, 3.63) is 34.8 Å². The van der Waals surface area contributed by atoms with E-state index in [1.165, 1.54) is 28.7 Å². The monoisotopic (exact) mass is 392 g/mol. The zero-order valence-electron chi connectivity index (χ0n) is 14.4. The van der Waals surface area contributed by atoms with Crippen LogP contribution in [0, 0.1) is 6.92 Å². The van der Waals surface area contributed by atoms with E-state index in [0.29, 0.717) is 42.2 Å². The van der Waals surface area contributed by atoms with Crippen LogP contribution in [-0.2, 0) is 20.7 Å². The molecule has 9 heteroatoms. The van der Waals surface area contributed by atoms with Gasteiger partial charge in [-0.2, -0.15) is 0 Å². The van der Waals surface area contributed by atoms with E-state index in [4.69, 9.17) is 4.74 Å². The van der Waals surface area contributed by atoms with E-state index in [0.717, 1.165) is 4.90 Å². The maximum Gasteiger partial charge on any atom is 0.236 e. The largest absolute Gasteiger partial charge is 0.378 e. The summed E-state index contributed by atoms with van der Waals surface area (Å²) in [5, 5.41) is 11.7. The number of aromatic nitrogens is 2. The van der Waals surface area contributed by atoms with Crippen molar-refractivity contribution in [1.82, 2.24) is 15.1 Å². The van der Waals surface area contributed by atoms with Crippen LogP contribution in [-0.4, -0.2) is 59.0 Å². The standard InChI is InChI=1S/C17H20N4O3S2/c1-12-2-4-13(5-3-12)25-11-14(22)18-17-20-19-15(26-17)10-16(23)21-6-8-24-9-7-21/h2-5H,6-11H2,1H3,(H,18,20,22). The molecule has 1 aliphatic heterocycles. The third-order valence-electron chi connectivity index (χ3n) is 3.77. The number of benzene rings is 1. The van der Waals surface area contributed by atoms with E-state index in [1.807, 2.05) is 31.2 Å². The number of nitrogens with zero attached hydrogens (tertiary/aromatic N) is 3. The van der Waals surface area contributed by atoms with Crippen LogP contribution in [0.5, 0.6) is 0 Å². The zero-order valence-corrected chi connectivity index (χ0v) is 16.1. The molecule has 26 heavy (non-hydrogen) atoms. The summed E-state index contributed by atoms with van der Waals surface area (Å²) in [6.45, 7) is 4.39. The quantitative estimate of drug-likeness (QED) is 0.757. The molecule has 0 spiro atoms. The molecule has 0 unspecified atom stereocenters. The maximum atomic E-state index is 12.2. The first-order chi connectivity index (χ1) is 12.6. The smallest absolute Gasteiger partial charge is 0.236 e. The van der Waals surface area contributed by atoms with E-state index >= 15 is 0 Å². The molecule has 1 aromatic carbocycles. The van der Waals surface area contributed by atoms with Crippen LogP contribution in [0.25, 0.3) is 0 Å². The summed E-state index contributed by atoms with van der Waals surface area (Å²) in [4.78, 5) is 27.1. The fourth-order valence-corrected chi connectivity index (χ4v) is 3.81. The Hall–Kier alpha value is -1.97. The third-order valence-corrected chi connectivity index (χ3v) is 5.62. The van der Waals surface area contributed by atoms with Gasteiger partial charge in [-0.3, -0.25) is 14.9 Å². The highest BCUT2D eigenvalue weighted by Gasteiger charge is 2.19. The number of rotatable bonds is 6. The number of thioether (sulfide) groups is 1. The third kappa shape index (κ3) is 5.52. The fraction of sp³-hybridized carbons (Fsp3) is 0.412. The first kappa shape index (κ1) is 18.8. The fourth-order valence-electron chi connectivity index (χ4n) is 2.37. The Morgan fingerprint density at radius 3 is 2.69 bits per heavy atom. The summed E-state index contributed by atoms with van der Waals surface area (Å²) in [6.07, 6.45) is 0.200. The topological polar surface area (TPSA) is 84.4 Å². The number of aryl methyl sites for hydroxylation is 1. The second-order valence-electron chi connectivity index (χ2n) is 5.82. The molecule has 0 saturated carbocycles. The Labute approximate surface area is 160 Å². The Morgan fingerprint density at radius 1 is 1.23 bits per heavy atom. The van der Waals surface area contributed by atoms with Gasteiger partial charge in [0.25, 0.3) is 0 Å². The van der Waals surface area contributed by atoms with Gasteiger partial charge in [0.1, 0.15) is 5.01 Å². The molecule has 2 aromatic rings. The van der Waals surface area contributed by atoms with Crippen molar-refractivity contribution in [2.75, 3.05) is 37.4 Å². The lowest BCUT2D eigenvalue weighted by atomic mass is 10.2. The molecule has 0 radical (unpaired) electrons. The van der Waals surface area contributed by atoms with E-state index in [9.17, 15) is 9.59 Å². The molecular weight excluding hydrogens is 372 g/mol. The number of anilines is 1. The zero-order chi connectivity index (χ0) is 18.4. The van der Waals surface area contributed by atoms with Crippen LogP contribution < -0.4 is 5.32 Å². The molecule has 0 aliphatic carbocycles. The van der Waals surface area contributed by atoms with E-state index in [2.05, 4.69) is 15.5 Å². The van der Waals surface area contributed by atoms with Gasteiger partial charge in [-0.1, -0.05) is 29.0 Å². The molecule has 2 heterocycles. The van der Waals surface area contributed by atoms with Crippen molar-refractivity contribution >= 4 is 40.0 Å². The van der Waals surface area contributed by atoms with E-state index in [-0.39, 0.29) is 18.2 Å². The number of ether oxygens (including phenoxy) is 1. The van der Waals surface area contributed by atoms with Crippen LogP contribution >= 0.6 is 23.1 Å². The Bertz CT molecular complexity index is 758. The molecule has 0 bridgehead atoms. The van der Waals surface area contributed by atoms with Gasteiger partial charge >= 0.3 is 0 Å². The summed E-state index contributed by atoms with van der Waals surface area (Å²) in [6, 6.07) is 8.02.